The highest BCUT2D eigenvalue weighted by Crippen LogP contribution is 2.36. The van der Waals surface area contributed by atoms with Gasteiger partial charge >= 0.3 is 0 Å². The van der Waals surface area contributed by atoms with E-state index in [0.717, 1.165) is 5.56 Å². The van der Waals surface area contributed by atoms with Gasteiger partial charge in [-0.1, -0.05) is 29.8 Å². The Balaban J connectivity index is 1.59. The van der Waals surface area contributed by atoms with Gasteiger partial charge in [-0.2, -0.15) is 0 Å². The van der Waals surface area contributed by atoms with E-state index >= 15 is 0 Å². The second-order valence-electron chi connectivity index (χ2n) is 6.80. The van der Waals surface area contributed by atoms with Crippen LogP contribution in [0.15, 0.2) is 66.7 Å². The molecular weight excluding hydrogens is 404 g/mol. The smallest absolute Gasteiger partial charge is 0.232 e. The fourth-order valence-corrected chi connectivity index (χ4v) is 3.50. The summed E-state index contributed by atoms with van der Waals surface area (Å²) in [6.45, 7) is 0. The van der Waals surface area contributed by atoms with Crippen LogP contribution in [0.25, 0.3) is 0 Å². The topological polar surface area (TPSA) is 76.7 Å². The van der Waals surface area contributed by atoms with Crippen LogP contribution in [0.5, 0.6) is 17.2 Å². The predicted octanol–water partition coefficient (Wildman–Crippen LogP) is 5.21. The summed E-state index contributed by atoms with van der Waals surface area (Å²) in [6, 6.07) is 19.3. The number of methoxy groups -OCH3 is 1. The molecule has 0 bridgehead atoms. The third-order valence-electron chi connectivity index (χ3n) is 4.80. The maximum atomic E-state index is 13.1. The lowest BCUT2D eigenvalue weighted by atomic mass is 9.90. The molecule has 0 aromatic heterocycles. The van der Waals surface area contributed by atoms with Crippen LogP contribution in [0.3, 0.4) is 0 Å². The zero-order valence-corrected chi connectivity index (χ0v) is 16.9. The molecule has 0 saturated heterocycles. The van der Waals surface area contributed by atoms with E-state index < -0.39 is 5.92 Å². The minimum atomic E-state index is -0.609. The highest BCUT2D eigenvalue weighted by atomic mass is 35.5. The van der Waals surface area contributed by atoms with Crippen LogP contribution >= 0.6 is 11.6 Å². The minimum absolute atomic E-state index is 0.0675. The molecule has 0 radical (unpaired) electrons. The Kier molecular flexibility index (Phi) is 5.59. The third kappa shape index (κ3) is 4.23. The lowest BCUT2D eigenvalue weighted by Crippen LogP contribution is -2.30. The highest BCUT2D eigenvalue weighted by molar-refractivity contribution is 6.31. The number of anilines is 2. The molecule has 152 valence electrons. The van der Waals surface area contributed by atoms with Crippen molar-refractivity contribution in [2.75, 3.05) is 17.7 Å². The van der Waals surface area contributed by atoms with E-state index in [2.05, 4.69) is 10.6 Å². The molecule has 7 heteroatoms. The molecule has 0 saturated carbocycles. The summed E-state index contributed by atoms with van der Waals surface area (Å²) in [7, 11) is 1.59. The maximum Gasteiger partial charge on any atom is 0.232 e. The number of hydrogen-bond acceptors (Lipinski definition) is 4. The number of halogens is 1. The summed E-state index contributed by atoms with van der Waals surface area (Å²) in [4.78, 5) is 25.1. The zero-order chi connectivity index (χ0) is 21.1. The first kappa shape index (κ1) is 19.8. The maximum absolute atomic E-state index is 13.1. The first-order chi connectivity index (χ1) is 14.5. The fourth-order valence-electron chi connectivity index (χ4n) is 3.32. The van der Waals surface area contributed by atoms with Gasteiger partial charge in [0.1, 0.15) is 11.5 Å². The molecule has 2 amide bonds. The van der Waals surface area contributed by atoms with Crippen LogP contribution in [0.1, 0.15) is 17.9 Å². The number of carbonyl (C=O) groups excluding carboxylic acids is 2. The summed E-state index contributed by atoms with van der Waals surface area (Å²) in [6.07, 6.45) is 0.0675. The largest absolute Gasteiger partial charge is 0.497 e. The molecule has 1 aliphatic heterocycles. The number of hydrogen-bond donors (Lipinski definition) is 2. The summed E-state index contributed by atoms with van der Waals surface area (Å²) in [5, 5.41) is 6.12. The van der Waals surface area contributed by atoms with Gasteiger partial charge in [-0.25, -0.2) is 0 Å². The molecule has 0 fully saturated rings. The van der Waals surface area contributed by atoms with Crippen molar-refractivity contribution in [1.82, 2.24) is 0 Å². The minimum Gasteiger partial charge on any atom is -0.497 e. The van der Waals surface area contributed by atoms with Crippen molar-refractivity contribution in [1.29, 1.82) is 0 Å². The predicted molar refractivity (Wildman–Crippen MR) is 116 cm³/mol. The van der Waals surface area contributed by atoms with Crippen LogP contribution in [-0.2, 0) is 9.59 Å². The Bertz CT molecular complexity index is 1100. The molecule has 2 N–H and O–H groups in total. The van der Waals surface area contributed by atoms with Crippen molar-refractivity contribution in [3.8, 4) is 17.2 Å². The molecule has 1 atom stereocenters. The van der Waals surface area contributed by atoms with E-state index in [9.17, 15) is 9.59 Å². The molecule has 0 aliphatic carbocycles. The van der Waals surface area contributed by atoms with E-state index in [4.69, 9.17) is 21.1 Å². The van der Waals surface area contributed by atoms with Gasteiger partial charge in [0.15, 0.2) is 5.75 Å². The number of nitrogens with one attached hydrogen (secondary N) is 2. The Morgan fingerprint density at radius 1 is 1.07 bits per heavy atom. The van der Waals surface area contributed by atoms with Crippen molar-refractivity contribution in [3.63, 3.8) is 0 Å². The fraction of sp³-hybridized carbons (Fsp3) is 0.130. The van der Waals surface area contributed by atoms with Crippen LogP contribution in [0, 0.1) is 0 Å². The average molecular weight is 423 g/mol. The number of ether oxygens (including phenoxy) is 2. The monoisotopic (exact) mass is 422 g/mol. The van der Waals surface area contributed by atoms with Crippen molar-refractivity contribution < 1.29 is 19.1 Å². The molecule has 30 heavy (non-hydrogen) atoms. The lowest BCUT2D eigenvalue weighted by molar-refractivity contribution is -0.123. The van der Waals surface area contributed by atoms with E-state index in [1.54, 1.807) is 55.6 Å². The summed E-state index contributed by atoms with van der Waals surface area (Å²) in [5.74, 6) is 0.611. The van der Waals surface area contributed by atoms with Crippen LogP contribution in [-0.4, -0.2) is 18.9 Å². The van der Waals surface area contributed by atoms with E-state index in [-0.39, 0.29) is 18.2 Å². The quantitative estimate of drug-likeness (QED) is 0.592. The van der Waals surface area contributed by atoms with Crippen molar-refractivity contribution in [2.45, 2.75) is 12.3 Å². The summed E-state index contributed by atoms with van der Waals surface area (Å²) in [5.41, 5.74) is 1.84. The molecule has 3 aromatic rings. The molecule has 0 spiro atoms. The standard InChI is InChI=1S/C23H19ClN2O4/c1-29-15-7-9-16(10-8-15)30-21-11-6-14(24)12-20(21)26-23(28)18-13-22(27)25-19-5-3-2-4-17(18)19/h2-12,18H,13H2,1H3,(H,25,27)(H,26,28). The Morgan fingerprint density at radius 3 is 2.57 bits per heavy atom. The second-order valence-corrected chi connectivity index (χ2v) is 7.24. The number of benzene rings is 3. The molecule has 6 nitrogen and oxygen atoms in total. The molecule has 1 heterocycles. The van der Waals surface area contributed by atoms with Gasteiger partial charge in [0.25, 0.3) is 0 Å². The van der Waals surface area contributed by atoms with E-state index in [1.807, 2.05) is 18.2 Å². The number of amides is 2. The molecule has 4 rings (SSSR count). The number of para-hydroxylation sites is 1. The molecule has 3 aromatic carbocycles. The van der Waals surface area contributed by atoms with Gasteiger partial charge in [0, 0.05) is 17.1 Å². The second kappa shape index (κ2) is 8.47. The van der Waals surface area contributed by atoms with Gasteiger partial charge in [-0.05, 0) is 54.1 Å². The SMILES string of the molecule is COc1ccc(Oc2ccc(Cl)cc2NC(=O)C2CC(=O)Nc3ccccc32)cc1. The lowest BCUT2D eigenvalue weighted by Gasteiger charge is -2.25. The summed E-state index contributed by atoms with van der Waals surface area (Å²) >= 11 is 6.15. The number of carbonyl (C=O) groups is 2. The van der Waals surface area contributed by atoms with Gasteiger partial charge in [-0.3, -0.25) is 9.59 Å². The van der Waals surface area contributed by atoms with Gasteiger partial charge in [-0.15, -0.1) is 0 Å². The Labute approximate surface area is 178 Å². The highest BCUT2D eigenvalue weighted by Gasteiger charge is 2.31. The normalized spacial score (nSPS) is 15.0. The van der Waals surface area contributed by atoms with Crippen molar-refractivity contribution in [2.24, 2.45) is 0 Å². The van der Waals surface area contributed by atoms with Crippen molar-refractivity contribution >= 4 is 34.8 Å². The number of rotatable bonds is 5. The van der Waals surface area contributed by atoms with Crippen LogP contribution in [0.4, 0.5) is 11.4 Å². The van der Waals surface area contributed by atoms with Gasteiger partial charge in [0.05, 0.1) is 18.7 Å². The van der Waals surface area contributed by atoms with Crippen LogP contribution < -0.4 is 20.1 Å². The van der Waals surface area contributed by atoms with Gasteiger partial charge in [0.2, 0.25) is 11.8 Å². The zero-order valence-electron chi connectivity index (χ0n) is 16.1. The Morgan fingerprint density at radius 2 is 1.80 bits per heavy atom. The Hall–Kier alpha value is -3.51. The number of fused-ring (bicyclic) bond motifs is 1. The van der Waals surface area contributed by atoms with Crippen molar-refractivity contribution in [3.05, 3.63) is 77.3 Å². The van der Waals surface area contributed by atoms with E-state index in [0.29, 0.717) is 33.6 Å². The van der Waals surface area contributed by atoms with Crippen LogP contribution in [0.2, 0.25) is 5.02 Å². The first-order valence-electron chi connectivity index (χ1n) is 9.34. The van der Waals surface area contributed by atoms with Gasteiger partial charge < -0.3 is 20.1 Å². The molecule has 1 aliphatic rings. The third-order valence-corrected chi connectivity index (χ3v) is 5.04. The molecular formula is C23H19ClN2O4. The first-order valence-corrected chi connectivity index (χ1v) is 9.72. The average Bonchev–Trinajstić information content (AvgIpc) is 2.75. The van der Waals surface area contributed by atoms with E-state index in [1.165, 1.54) is 0 Å². The molecule has 1 unspecified atom stereocenters. The summed E-state index contributed by atoms with van der Waals surface area (Å²) < 4.78 is 11.1.